The van der Waals surface area contributed by atoms with Crippen molar-refractivity contribution in [3.63, 3.8) is 0 Å². The third kappa shape index (κ3) is 3.15. The zero-order valence-electron chi connectivity index (χ0n) is 11.7. The maximum Gasteiger partial charge on any atom is 0.489 e. The summed E-state index contributed by atoms with van der Waals surface area (Å²) in [5.74, 6) is -0.782. The van der Waals surface area contributed by atoms with Gasteiger partial charge in [-0.15, -0.1) is 0 Å². The summed E-state index contributed by atoms with van der Waals surface area (Å²) >= 11 is 0. The van der Waals surface area contributed by atoms with E-state index in [2.05, 4.69) is 4.74 Å². The lowest BCUT2D eigenvalue weighted by atomic mass is 9.69. The molecule has 0 atom stereocenters. The SMILES string of the molecule is COC(=O)c1cc(B(O)O)c(C(C)(C)C)c([N+](=O)[O-])c1. The van der Waals surface area contributed by atoms with E-state index in [1.807, 2.05) is 0 Å². The number of nitrogens with zero attached hydrogens (tertiary/aromatic N) is 1. The topological polar surface area (TPSA) is 110 Å². The Morgan fingerprint density at radius 1 is 1.35 bits per heavy atom. The van der Waals surface area contributed by atoms with E-state index in [1.54, 1.807) is 20.8 Å². The summed E-state index contributed by atoms with van der Waals surface area (Å²) in [7, 11) is -0.784. The minimum atomic E-state index is -1.92. The van der Waals surface area contributed by atoms with E-state index in [-0.39, 0.29) is 22.3 Å². The van der Waals surface area contributed by atoms with Crippen molar-refractivity contribution in [3.8, 4) is 0 Å². The predicted octanol–water partition coefficient (Wildman–Crippen LogP) is 0.359. The van der Waals surface area contributed by atoms with Gasteiger partial charge in [-0.3, -0.25) is 10.1 Å². The molecule has 7 nitrogen and oxygen atoms in total. The number of nitro groups is 1. The number of ether oxygens (including phenoxy) is 1. The Morgan fingerprint density at radius 3 is 2.25 bits per heavy atom. The van der Waals surface area contributed by atoms with Gasteiger partial charge in [0.2, 0.25) is 0 Å². The van der Waals surface area contributed by atoms with Crippen LogP contribution in [0.4, 0.5) is 5.69 Å². The van der Waals surface area contributed by atoms with Gasteiger partial charge in [0.05, 0.1) is 17.6 Å². The van der Waals surface area contributed by atoms with Crippen molar-refractivity contribution >= 4 is 24.2 Å². The van der Waals surface area contributed by atoms with E-state index in [1.165, 1.54) is 6.07 Å². The number of methoxy groups -OCH3 is 1. The smallest absolute Gasteiger partial charge is 0.465 e. The summed E-state index contributed by atoms with van der Waals surface area (Å²) in [5.41, 5.74) is -1.05. The molecule has 0 aliphatic rings. The first kappa shape index (κ1) is 16.1. The van der Waals surface area contributed by atoms with Crippen LogP contribution in [0.1, 0.15) is 36.7 Å². The normalized spacial score (nSPS) is 11.1. The van der Waals surface area contributed by atoms with E-state index in [0.717, 1.165) is 13.2 Å². The number of rotatable bonds is 3. The molecule has 0 amide bonds. The largest absolute Gasteiger partial charge is 0.489 e. The van der Waals surface area contributed by atoms with Gasteiger partial charge >= 0.3 is 13.1 Å². The Morgan fingerprint density at radius 2 is 1.90 bits per heavy atom. The van der Waals surface area contributed by atoms with Crippen LogP contribution in [0.2, 0.25) is 0 Å². The molecule has 1 rings (SSSR count). The Labute approximate surface area is 116 Å². The predicted molar refractivity (Wildman–Crippen MR) is 73.0 cm³/mol. The molecule has 0 heterocycles. The molecular formula is C12H16BNO6. The Balaban J connectivity index is 3.73. The Bertz CT molecular complexity index is 550. The van der Waals surface area contributed by atoms with E-state index in [4.69, 9.17) is 0 Å². The van der Waals surface area contributed by atoms with Gasteiger partial charge in [-0.05, 0) is 16.9 Å². The number of benzene rings is 1. The maximum absolute atomic E-state index is 11.5. The van der Waals surface area contributed by atoms with Crippen LogP contribution in [0.3, 0.4) is 0 Å². The van der Waals surface area contributed by atoms with Gasteiger partial charge in [0.1, 0.15) is 0 Å². The summed E-state index contributed by atoms with van der Waals surface area (Å²) in [6, 6.07) is 2.28. The minimum Gasteiger partial charge on any atom is -0.465 e. The molecule has 0 aliphatic carbocycles. The van der Waals surface area contributed by atoms with Crippen molar-refractivity contribution in [1.29, 1.82) is 0 Å². The lowest BCUT2D eigenvalue weighted by Gasteiger charge is -2.23. The van der Waals surface area contributed by atoms with Crippen LogP contribution in [0.25, 0.3) is 0 Å². The zero-order valence-corrected chi connectivity index (χ0v) is 11.7. The molecule has 2 N–H and O–H groups in total. The Hall–Kier alpha value is -1.93. The quantitative estimate of drug-likeness (QED) is 0.358. The van der Waals surface area contributed by atoms with E-state index in [0.29, 0.717) is 0 Å². The molecule has 108 valence electrons. The van der Waals surface area contributed by atoms with Crippen LogP contribution < -0.4 is 5.46 Å². The van der Waals surface area contributed by atoms with Crippen LogP contribution >= 0.6 is 0 Å². The average Bonchev–Trinajstić information content (AvgIpc) is 2.34. The lowest BCUT2D eigenvalue weighted by Crippen LogP contribution is -2.38. The van der Waals surface area contributed by atoms with E-state index in [9.17, 15) is 25.0 Å². The van der Waals surface area contributed by atoms with Gasteiger partial charge < -0.3 is 14.8 Å². The number of carbonyl (C=O) groups excluding carboxylic acids is 1. The highest BCUT2D eigenvalue weighted by atomic mass is 16.6. The number of carbonyl (C=O) groups is 1. The van der Waals surface area contributed by atoms with Crippen molar-refractivity contribution in [3.05, 3.63) is 33.4 Å². The van der Waals surface area contributed by atoms with Gasteiger partial charge in [0.15, 0.2) is 0 Å². The molecule has 0 saturated carbocycles. The highest BCUT2D eigenvalue weighted by Gasteiger charge is 2.34. The number of hydrogen-bond acceptors (Lipinski definition) is 6. The molecule has 1 aromatic carbocycles. The van der Waals surface area contributed by atoms with Crippen molar-refractivity contribution in [2.24, 2.45) is 0 Å². The summed E-state index contributed by atoms with van der Waals surface area (Å²) in [5, 5.41) is 30.1. The molecule has 0 aliphatic heterocycles. The Kier molecular flexibility index (Phi) is 4.51. The number of esters is 1. The monoisotopic (exact) mass is 281 g/mol. The first-order valence-electron chi connectivity index (χ1n) is 5.87. The number of hydrogen-bond donors (Lipinski definition) is 2. The summed E-state index contributed by atoms with van der Waals surface area (Å²) in [6.45, 7) is 5.12. The second-order valence-corrected chi connectivity index (χ2v) is 5.33. The van der Waals surface area contributed by atoms with Gasteiger partial charge in [-0.2, -0.15) is 0 Å². The molecule has 0 unspecified atom stereocenters. The van der Waals surface area contributed by atoms with Crippen LogP contribution in [-0.2, 0) is 10.2 Å². The molecule has 0 saturated heterocycles. The third-order valence-electron chi connectivity index (χ3n) is 2.79. The maximum atomic E-state index is 11.5. The van der Waals surface area contributed by atoms with Crippen molar-refractivity contribution in [1.82, 2.24) is 0 Å². The van der Waals surface area contributed by atoms with E-state index >= 15 is 0 Å². The fourth-order valence-electron chi connectivity index (χ4n) is 2.05. The lowest BCUT2D eigenvalue weighted by molar-refractivity contribution is -0.385. The van der Waals surface area contributed by atoms with Crippen LogP contribution in [-0.4, -0.2) is 35.2 Å². The summed E-state index contributed by atoms with van der Waals surface area (Å²) in [4.78, 5) is 22.1. The molecule has 20 heavy (non-hydrogen) atoms. The van der Waals surface area contributed by atoms with Gasteiger partial charge in [0, 0.05) is 11.6 Å². The molecule has 8 heteroatoms. The van der Waals surface area contributed by atoms with Crippen LogP contribution in [0.5, 0.6) is 0 Å². The van der Waals surface area contributed by atoms with Gasteiger partial charge in [-0.25, -0.2) is 4.79 Å². The van der Waals surface area contributed by atoms with Crippen molar-refractivity contribution in [2.75, 3.05) is 7.11 Å². The molecule has 0 radical (unpaired) electrons. The summed E-state index contributed by atoms with van der Waals surface area (Å²) in [6.07, 6.45) is 0. The summed E-state index contributed by atoms with van der Waals surface area (Å²) < 4.78 is 4.51. The van der Waals surface area contributed by atoms with E-state index < -0.39 is 23.4 Å². The van der Waals surface area contributed by atoms with Crippen LogP contribution in [0.15, 0.2) is 12.1 Å². The molecule has 0 aromatic heterocycles. The molecular weight excluding hydrogens is 265 g/mol. The van der Waals surface area contributed by atoms with Gasteiger partial charge in [0.25, 0.3) is 5.69 Å². The first-order chi connectivity index (χ1) is 9.09. The molecule has 1 aromatic rings. The van der Waals surface area contributed by atoms with Crippen molar-refractivity contribution in [2.45, 2.75) is 26.2 Å². The molecule has 0 fully saturated rings. The second-order valence-electron chi connectivity index (χ2n) is 5.33. The fourth-order valence-corrected chi connectivity index (χ4v) is 2.05. The zero-order chi connectivity index (χ0) is 15.7. The van der Waals surface area contributed by atoms with Gasteiger partial charge in [-0.1, -0.05) is 20.8 Å². The average molecular weight is 281 g/mol. The molecule has 0 spiro atoms. The third-order valence-corrected chi connectivity index (χ3v) is 2.79. The highest BCUT2D eigenvalue weighted by molar-refractivity contribution is 6.59. The fraction of sp³-hybridized carbons (Fsp3) is 0.417. The molecule has 0 bridgehead atoms. The first-order valence-corrected chi connectivity index (χ1v) is 5.87. The minimum absolute atomic E-state index is 0.0768. The second kappa shape index (κ2) is 5.60. The highest BCUT2D eigenvalue weighted by Crippen LogP contribution is 2.31. The number of nitro benzene ring substituents is 1. The standard InChI is InChI=1S/C12H16BNO6/c1-12(2,3)10-8(13(16)17)5-7(11(15)20-4)6-9(10)14(18)19/h5-6,16-17H,1-4H3. The van der Waals surface area contributed by atoms with Crippen LogP contribution in [0, 0.1) is 10.1 Å². The van der Waals surface area contributed by atoms with Crippen molar-refractivity contribution < 1.29 is 24.5 Å².